The average Bonchev–Trinajstić information content (AvgIpc) is 2.24. The summed E-state index contributed by atoms with van der Waals surface area (Å²) in [6.07, 6.45) is 3.88. The van der Waals surface area contributed by atoms with Crippen molar-refractivity contribution >= 4 is 17.3 Å². The van der Waals surface area contributed by atoms with Crippen molar-refractivity contribution < 1.29 is 0 Å². The Labute approximate surface area is 103 Å². The third kappa shape index (κ3) is 2.91. The van der Waals surface area contributed by atoms with Gasteiger partial charge in [-0.3, -0.25) is 0 Å². The summed E-state index contributed by atoms with van der Waals surface area (Å²) in [5.41, 5.74) is 1.15. The largest absolute Gasteiger partial charge is 0.382 e. The third-order valence-electron chi connectivity index (χ3n) is 3.79. The summed E-state index contributed by atoms with van der Waals surface area (Å²) in [6.45, 7) is 4.72. The molecule has 1 N–H and O–H groups in total. The molecular formula is C14H20ClN. The highest BCUT2D eigenvalue weighted by Crippen LogP contribution is 2.31. The zero-order valence-corrected chi connectivity index (χ0v) is 10.8. The van der Waals surface area contributed by atoms with Gasteiger partial charge in [-0.1, -0.05) is 31.5 Å². The molecule has 0 aromatic heterocycles. The van der Waals surface area contributed by atoms with Crippen molar-refractivity contribution in [3.8, 4) is 0 Å². The van der Waals surface area contributed by atoms with Gasteiger partial charge in [0.05, 0.1) is 0 Å². The third-order valence-corrected chi connectivity index (χ3v) is 4.03. The Kier molecular flexibility index (Phi) is 3.75. The van der Waals surface area contributed by atoms with Crippen LogP contribution in [0, 0.1) is 11.8 Å². The van der Waals surface area contributed by atoms with Crippen molar-refractivity contribution in [3.05, 3.63) is 29.3 Å². The minimum Gasteiger partial charge on any atom is -0.382 e. The van der Waals surface area contributed by atoms with Crippen LogP contribution in [0.1, 0.15) is 33.1 Å². The van der Waals surface area contributed by atoms with Gasteiger partial charge in [0.15, 0.2) is 0 Å². The van der Waals surface area contributed by atoms with Crippen LogP contribution in [0.15, 0.2) is 24.3 Å². The van der Waals surface area contributed by atoms with Crippen LogP contribution >= 0.6 is 11.6 Å². The molecule has 1 aromatic carbocycles. The highest BCUT2D eigenvalue weighted by molar-refractivity contribution is 6.30. The van der Waals surface area contributed by atoms with Crippen LogP contribution < -0.4 is 5.32 Å². The van der Waals surface area contributed by atoms with Crippen LogP contribution in [0.25, 0.3) is 0 Å². The lowest BCUT2D eigenvalue weighted by Crippen LogP contribution is -2.30. The maximum absolute atomic E-state index is 5.97. The van der Waals surface area contributed by atoms with Gasteiger partial charge in [0.25, 0.3) is 0 Å². The Balaban J connectivity index is 1.95. The monoisotopic (exact) mass is 237 g/mol. The van der Waals surface area contributed by atoms with E-state index in [2.05, 4.69) is 25.2 Å². The average molecular weight is 238 g/mol. The number of hydrogen-bond donors (Lipinski definition) is 1. The predicted molar refractivity (Wildman–Crippen MR) is 71.0 cm³/mol. The first kappa shape index (κ1) is 11.8. The number of anilines is 1. The zero-order valence-electron chi connectivity index (χ0n) is 10.0. The standard InChI is InChI=1S/C14H20ClN/c1-10-6-7-14(8-11(10)2)16-13-5-3-4-12(15)9-13/h3-5,9-11,14,16H,6-8H2,1-2H3. The minimum atomic E-state index is 0.615. The second-order valence-electron chi connectivity index (χ2n) is 5.12. The number of benzene rings is 1. The second-order valence-corrected chi connectivity index (χ2v) is 5.56. The summed E-state index contributed by atoms with van der Waals surface area (Å²) < 4.78 is 0. The Hall–Kier alpha value is -0.690. The van der Waals surface area contributed by atoms with Crippen LogP contribution in [0.3, 0.4) is 0 Å². The molecule has 1 aliphatic rings. The van der Waals surface area contributed by atoms with Crippen molar-refractivity contribution in [1.82, 2.24) is 0 Å². The molecule has 1 aliphatic carbocycles. The summed E-state index contributed by atoms with van der Waals surface area (Å²) in [5.74, 6) is 1.70. The molecule has 16 heavy (non-hydrogen) atoms. The van der Waals surface area contributed by atoms with Crippen molar-refractivity contribution in [2.75, 3.05) is 5.32 Å². The lowest BCUT2D eigenvalue weighted by molar-refractivity contribution is 0.261. The van der Waals surface area contributed by atoms with Crippen molar-refractivity contribution in [3.63, 3.8) is 0 Å². The first-order chi connectivity index (χ1) is 7.65. The van der Waals surface area contributed by atoms with Gasteiger partial charge in [0.1, 0.15) is 0 Å². The van der Waals surface area contributed by atoms with Crippen LogP contribution in [0.5, 0.6) is 0 Å². The summed E-state index contributed by atoms with van der Waals surface area (Å²) in [4.78, 5) is 0. The maximum Gasteiger partial charge on any atom is 0.0426 e. The summed E-state index contributed by atoms with van der Waals surface area (Å²) >= 11 is 5.97. The van der Waals surface area contributed by atoms with Gasteiger partial charge in [-0.05, 0) is 49.3 Å². The lowest BCUT2D eigenvalue weighted by Gasteiger charge is -2.33. The summed E-state index contributed by atoms with van der Waals surface area (Å²) in [6, 6.07) is 8.63. The van der Waals surface area contributed by atoms with E-state index in [1.807, 2.05) is 18.2 Å². The van der Waals surface area contributed by atoms with Crippen LogP contribution in [-0.2, 0) is 0 Å². The first-order valence-electron chi connectivity index (χ1n) is 6.17. The maximum atomic E-state index is 5.97. The van der Waals surface area contributed by atoms with E-state index in [9.17, 15) is 0 Å². The Morgan fingerprint density at radius 1 is 1.19 bits per heavy atom. The van der Waals surface area contributed by atoms with Crippen molar-refractivity contribution in [1.29, 1.82) is 0 Å². The van der Waals surface area contributed by atoms with Gasteiger partial charge in [0.2, 0.25) is 0 Å². The molecule has 0 amide bonds. The molecule has 0 heterocycles. The molecular weight excluding hydrogens is 218 g/mol. The van der Waals surface area contributed by atoms with Gasteiger partial charge in [-0.2, -0.15) is 0 Å². The Bertz CT molecular complexity index is 350. The highest BCUT2D eigenvalue weighted by Gasteiger charge is 2.24. The van der Waals surface area contributed by atoms with Gasteiger partial charge in [-0.15, -0.1) is 0 Å². The van der Waals surface area contributed by atoms with Crippen LogP contribution in [0.4, 0.5) is 5.69 Å². The van der Waals surface area contributed by atoms with E-state index in [-0.39, 0.29) is 0 Å². The number of hydrogen-bond acceptors (Lipinski definition) is 1. The second kappa shape index (κ2) is 5.09. The predicted octanol–water partition coefficient (Wildman–Crippen LogP) is 4.58. The smallest absolute Gasteiger partial charge is 0.0426 e. The molecule has 2 heteroatoms. The zero-order chi connectivity index (χ0) is 11.5. The fraction of sp³-hybridized carbons (Fsp3) is 0.571. The van der Waals surface area contributed by atoms with E-state index >= 15 is 0 Å². The molecule has 0 saturated heterocycles. The van der Waals surface area contributed by atoms with Crippen LogP contribution in [0.2, 0.25) is 5.02 Å². The van der Waals surface area contributed by atoms with Gasteiger partial charge >= 0.3 is 0 Å². The molecule has 0 aliphatic heterocycles. The quantitative estimate of drug-likeness (QED) is 0.794. The lowest BCUT2D eigenvalue weighted by atomic mass is 9.79. The van der Waals surface area contributed by atoms with E-state index in [1.165, 1.54) is 19.3 Å². The fourth-order valence-electron chi connectivity index (χ4n) is 2.49. The molecule has 0 radical (unpaired) electrons. The van der Waals surface area contributed by atoms with E-state index in [0.29, 0.717) is 6.04 Å². The van der Waals surface area contributed by atoms with E-state index in [1.54, 1.807) is 0 Å². The number of nitrogens with one attached hydrogen (secondary N) is 1. The van der Waals surface area contributed by atoms with Crippen LogP contribution in [-0.4, -0.2) is 6.04 Å². The van der Waals surface area contributed by atoms with Crippen molar-refractivity contribution in [2.45, 2.75) is 39.2 Å². The highest BCUT2D eigenvalue weighted by atomic mass is 35.5. The fourth-order valence-corrected chi connectivity index (χ4v) is 2.68. The number of rotatable bonds is 2. The molecule has 1 fully saturated rings. The van der Waals surface area contributed by atoms with Gasteiger partial charge < -0.3 is 5.32 Å². The van der Waals surface area contributed by atoms with E-state index < -0.39 is 0 Å². The molecule has 3 atom stereocenters. The summed E-state index contributed by atoms with van der Waals surface area (Å²) in [7, 11) is 0. The SMILES string of the molecule is CC1CCC(Nc2cccc(Cl)c2)CC1C. The molecule has 1 saturated carbocycles. The molecule has 2 rings (SSSR count). The Morgan fingerprint density at radius 3 is 2.69 bits per heavy atom. The Morgan fingerprint density at radius 2 is 2.00 bits per heavy atom. The molecule has 0 bridgehead atoms. The molecule has 3 unspecified atom stereocenters. The summed E-state index contributed by atoms with van der Waals surface area (Å²) in [5, 5.41) is 4.40. The van der Waals surface area contributed by atoms with Crippen molar-refractivity contribution in [2.24, 2.45) is 11.8 Å². The molecule has 1 aromatic rings. The molecule has 88 valence electrons. The van der Waals surface area contributed by atoms with Gasteiger partial charge in [0, 0.05) is 16.8 Å². The number of halogens is 1. The first-order valence-corrected chi connectivity index (χ1v) is 6.55. The topological polar surface area (TPSA) is 12.0 Å². The molecule has 1 nitrogen and oxygen atoms in total. The minimum absolute atomic E-state index is 0.615. The normalized spacial score (nSPS) is 30.1. The van der Waals surface area contributed by atoms with Gasteiger partial charge in [-0.25, -0.2) is 0 Å². The van der Waals surface area contributed by atoms with E-state index in [4.69, 9.17) is 11.6 Å². The van der Waals surface area contributed by atoms with E-state index in [0.717, 1.165) is 22.5 Å². The molecule has 0 spiro atoms.